The molecular formula is C21H17BrCl2N4O3S. The third-order valence-corrected chi connectivity index (χ3v) is 7.28. The average Bonchev–Trinajstić information content (AvgIpc) is 2.77. The van der Waals surface area contributed by atoms with Gasteiger partial charge in [-0.05, 0) is 48.0 Å². The Balaban J connectivity index is 1.82. The molecule has 2 aromatic carbocycles. The molecule has 0 fully saturated rings. The van der Waals surface area contributed by atoms with Gasteiger partial charge in [-0.25, -0.2) is 13.8 Å². The predicted molar refractivity (Wildman–Crippen MR) is 128 cm³/mol. The van der Waals surface area contributed by atoms with Crippen LogP contribution in [0.1, 0.15) is 11.1 Å². The minimum absolute atomic E-state index is 0.0485. The van der Waals surface area contributed by atoms with Crippen LogP contribution in [0.4, 0.5) is 0 Å². The highest BCUT2D eigenvalue weighted by Gasteiger charge is 2.27. The molecule has 1 heterocycles. The van der Waals surface area contributed by atoms with Crippen LogP contribution in [-0.2, 0) is 21.4 Å². The lowest BCUT2D eigenvalue weighted by Crippen LogP contribution is -2.39. The lowest BCUT2D eigenvalue weighted by atomic mass is 10.2. The Bertz CT molecular complexity index is 1220. The standard InChI is InChI=1S/C21H17BrCl2N4O3S/c22-17-4-6-18(7-5-17)32(30,31)28(13-15-3-8-19(23)20(24)10-15)14-21(29)27-26-12-16-2-1-9-25-11-16/h1-12H,13-14H2,(H,27,29)/b26-12+. The normalized spacial score (nSPS) is 11.8. The third kappa shape index (κ3) is 6.60. The maximum Gasteiger partial charge on any atom is 0.255 e. The Morgan fingerprint density at radius 2 is 1.88 bits per heavy atom. The predicted octanol–water partition coefficient (Wildman–Crippen LogP) is 4.49. The van der Waals surface area contributed by atoms with Crippen molar-refractivity contribution in [3.8, 4) is 0 Å². The number of hydrazone groups is 1. The Morgan fingerprint density at radius 3 is 2.53 bits per heavy atom. The van der Waals surface area contributed by atoms with Crippen molar-refractivity contribution in [2.45, 2.75) is 11.4 Å². The molecule has 1 N–H and O–H groups in total. The second-order valence-corrected chi connectivity index (χ2v) is 10.2. The number of amides is 1. The van der Waals surface area contributed by atoms with Crippen LogP contribution in [0.2, 0.25) is 10.0 Å². The number of carbonyl (C=O) groups is 1. The highest BCUT2D eigenvalue weighted by atomic mass is 79.9. The number of aromatic nitrogens is 1. The van der Waals surface area contributed by atoms with Gasteiger partial charge in [0, 0.05) is 29.0 Å². The van der Waals surface area contributed by atoms with Crippen LogP contribution in [0.3, 0.4) is 0 Å². The quantitative estimate of drug-likeness (QED) is 0.327. The number of pyridine rings is 1. The monoisotopic (exact) mass is 554 g/mol. The summed E-state index contributed by atoms with van der Waals surface area (Å²) in [6, 6.07) is 14.4. The zero-order valence-corrected chi connectivity index (χ0v) is 20.4. The molecule has 7 nitrogen and oxygen atoms in total. The fourth-order valence-corrected chi connectivity index (χ4v) is 4.62. The second-order valence-electron chi connectivity index (χ2n) is 6.56. The van der Waals surface area contributed by atoms with Crippen LogP contribution >= 0.6 is 39.1 Å². The Labute approximate surface area is 204 Å². The Morgan fingerprint density at radius 1 is 1.12 bits per heavy atom. The number of benzene rings is 2. The fourth-order valence-electron chi connectivity index (χ4n) is 2.65. The Kier molecular flexibility index (Phi) is 8.38. The number of carbonyl (C=O) groups excluding carboxylic acids is 1. The van der Waals surface area contributed by atoms with E-state index in [4.69, 9.17) is 23.2 Å². The Hall–Kier alpha value is -2.30. The summed E-state index contributed by atoms with van der Waals surface area (Å²) in [6.07, 6.45) is 4.60. The van der Waals surface area contributed by atoms with Gasteiger partial charge in [0.25, 0.3) is 5.91 Å². The van der Waals surface area contributed by atoms with E-state index in [1.165, 1.54) is 18.3 Å². The molecule has 3 aromatic rings. The van der Waals surface area contributed by atoms with E-state index in [0.29, 0.717) is 16.1 Å². The highest BCUT2D eigenvalue weighted by molar-refractivity contribution is 9.10. The van der Waals surface area contributed by atoms with Gasteiger partial charge in [0.2, 0.25) is 10.0 Å². The van der Waals surface area contributed by atoms with Gasteiger partial charge in [-0.15, -0.1) is 0 Å². The summed E-state index contributed by atoms with van der Waals surface area (Å²) in [5.74, 6) is -0.606. The molecule has 0 spiro atoms. The molecule has 3 rings (SSSR count). The van der Waals surface area contributed by atoms with Gasteiger partial charge in [0.05, 0.1) is 27.7 Å². The van der Waals surface area contributed by atoms with E-state index in [0.717, 1.165) is 8.78 Å². The fraction of sp³-hybridized carbons (Fsp3) is 0.0952. The summed E-state index contributed by atoms with van der Waals surface area (Å²) >= 11 is 15.3. The van der Waals surface area contributed by atoms with E-state index in [9.17, 15) is 13.2 Å². The second kappa shape index (κ2) is 11.0. The summed E-state index contributed by atoms with van der Waals surface area (Å²) in [7, 11) is -4.00. The zero-order valence-electron chi connectivity index (χ0n) is 16.5. The van der Waals surface area contributed by atoms with E-state index in [1.54, 1.807) is 54.9 Å². The highest BCUT2D eigenvalue weighted by Crippen LogP contribution is 2.25. The lowest BCUT2D eigenvalue weighted by molar-refractivity contribution is -0.121. The van der Waals surface area contributed by atoms with Gasteiger partial charge in [-0.2, -0.15) is 9.41 Å². The largest absolute Gasteiger partial charge is 0.272 e. The summed E-state index contributed by atoms with van der Waals surface area (Å²) < 4.78 is 28.3. The van der Waals surface area contributed by atoms with Crippen molar-refractivity contribution in [1.82, 2.24) is 14.7 Å². The lowest BCUT2D eigenvalue weighted by Gasteiger charge is -2.22. The number of rotatable bonds is 8. The van der Waals surface area contributed by atoms with Crippen molar-refractivity contribution in [2.24, 2.45) is 5.10 Å². The molecule has 0 aliphatic heterocycles. The summed E-state index contributed by atoms with van der Waals surface area (Å²) in [5, 5.41) is 4.50. The van der Waals surface area contributed by atoms with Crippen LogP contribution in [0.15, 0.2) is 81.5 Å². The summed E-state index contributed by atoms with van der Waals surface area (Å²) in [5.41, 5.74) is 3.60. The van der Waals surface area contributed by atoms with Gasteiger partial charge < -0.3 is 0 Å². The number of halogens is 3. The van der Waals surface area contributed by atoms with Crippen molar-refractivity contribution in [2.75, 3.05) is 6.54 Å². The number of sulfonamides is 1. The van der Waals surface area contributed by atoms with E-state index in [2.05, 4.69) is 31.4 Å². The van der Waals surface area contributed by atoms with E-state index >= 15 is 0 Å². The van der Waals surface area contributed by atoms with Crippen LogP contribution in [0.25, 0.3) is 0 Å². The molecule has 0 unspecified atom stereocenters. The molecule has 0 saturated carbocycles. The van der Waals surface area contributed by atoms with Crippen molar-refractivity contribution in [1.29, 1.82) is 0 Å². The van der Waals surface area contributed by atoms with Crippen molar-refractivity contribution >= 4 is 61.3 Å². The van der Waals surface area contributed by atoms with Gasteiger partial charge in [-0.3, -0.25) is 9.78 Å². The zero-order chi connectivity index (χ0) is 23.1. The molecular weight excluding hydrogens is 539 g/mol. The number of hydrogen-bond donors (Lipinski definition) is 1. The maximum atomic E-state index is 13.3. The molecule has 32 heavy (non-hydrogen) atoms. The molecule has 0 aliphatic rings. The first kappa shape index (κ1) is 24.3. The van der Waals surface area contributed by atoms with Crippen molar-refractivity contribution in [3.63, 3.8) is 0 Å². The van der Waals surface area contributed by atoms with Crippen molar-refractivity contribution < 1.29 is 13.2 Å². The van der Waals surface area contributed by atoms with Crippen LogP contribution in [0.5, 0.6) is 0 Å². The average molecular weight is 556 g/mol. The first-order chi connectivity index (χ1) is 15.3. The molecule has 1 amide bonds. The molecule has 0 saturated heterocycles. The molecule has 0 aliphatic carbocycles. The molecule has 0 atom stereocenters. The number of nitrogens with zero attached hydrogens (tertiary/aromatic N) is 3. The van der Waals surface area contributed by atoms with E-state index in [1.807, 2.05) is 0 Å². The minimum Gasteiger partial charge on any atom is -0.272 e. The molecule has 11 heteroatoms. The van der Waals surface area contributed by atoms with Gasteiger partial charge >= 0.3 is 0 Å². The summed E-state index contributed by atoms with van der Waals surface area (Å²) in [4.78, 5) is 16.5. The molecule has 166 valence electrons. The van der Waals surface area contributed by atoms with E-state index < -0.39 is 22.5 Å². The number of hydrogen-bond acceptors (Lipinski definition) is 5. The minimum atomic E-state index is -4.00. The number of nitrogens with one attached hydrogen (secondary N) is 1. The van der Waals surface area contributed by atoms with Crippen LogP contribution < -0.4 is 5.43 Å². The van der Waals surface area contributed by atoms with Gasteiger partial charge in [-0.1, -0.05) is 51.3 Å². The molecule has 1 aromatic heterocycles. The first-order valence-electron chi connectivity index (χ1n) is 9.17. The van der Waals surface area contributed by atoms with Gasteiger partial charge in [0.1, 0.15) is 0 Å². The topological polar surface area (TPSA) is 91.7 Å². The maximum absolute atomic E-state index is 13.3. The van der Waals surface area contributed by atoms with Crippen molar-refractivity contribution in [3.05, 3.63) is 92.6 Å². The summed E-state index contributed by atoms with van der Waals surface area (Å²) in [6.45, 7) is -0.544. The van der Waals surface area contributed by atoms with E-state index in [-0.39, 0.29) is 16.5 Å². The first-order valence-corrected chi connectivity index (χ1v) is 12.2. The third-order valence-electron chi connectivity index (χ3n) is 4.20. The molecule has 0 radical (unpaired) electrons. The van der Waals surface area contributed by atoms with Crippen LogP contribution in [-0.4, -0.2) is 36.4 Å². The smallest absolute Gasteiger partial charge is 0.255 e. The SMILES string of the molecule is O=C(CN(Cc1ccc(Cl)c(Cl)c1)S(=O)(=O)c1ccc(Br)cc1)N/N=C/c1cccnc1. The van der Waals surface area contributed by atoms with Crippen LogP contribution in [0, 0.1) is 0 Å². The van der Waals surface area contributed by atoms with Gasteiger partial charge in [0.15, 0.2) is 0 Å². The molecule has 0 bridgehead atoms.